The van der Waals surface area contributed by atoms with E-state index in [2.05, 4.69) is 37.9 Å². The molecule has 3 amide bonds. The number of hydrogen-bond acceptors (Lipinski definition) is 4. The molecule has 0 unspecified atom stereocenters. The van der Waals surface area contributed by atoms with Crippen LogP contribution in [0.15, 0.2) is 30.3 Å². The van der Waals surface area contributed by atoms with Gasteiger partial charge < -0.3 is 5.32 Å². The second-order valence-electron chi connectivity index (χ2n) is 4.90. The topological polar surface area (TPSA) is 99.8 Å². The summed E-state index contributed by atoms with van der Waals surface area (Å²) in [5.74, 6) is 0.973. The van der Waals surface area contributed by atoms with Crippen LogP contribution in [0.25, 0.3) is 0 Å². The molecule has 1 aliphatic heterocycles. The van der Waals surface area contributed by atoms with Crippen LogP contribution in [-0.4, -0.2) is 33.2 Å². The summed E-state index contributed by atoms with van der Waals surface area (Å²) in [4.78, 5) is 26.8. The van der Waals surface area contributed by atoms with Gasteiger partial charge in [-0.05, 0) is 12.0 Å². The lowest BCUT2D eigenvalue weighted by Gasteiger charge is -2.02. The first kappa shape index (κ1) is 13.3. The average Bonchev–Trinajstić information content (AvgIpc) is 3.05. The summed E-state index contributed by atoms with van der Waals surface area (Å²) in [7, 11) is 0. The number of aromatic nitrogens is 3. The predicted octanol–water partition coefficient (Wildman–Crippen LogP) is 0.340. The van der Waals surface area contributed by atoms with E-state index < -0.39 is 12.1 Å². The zero-order chi connectivity index (χ0) is 14.7. The number of urea groups is 1. The number of H-pyrrole nitrogens is 1. The van der Waals surface area contributed by atoms with E-state index in [0.717, 1.165) is 12.8 Å². The van der Waals surface area contributed by atoms with Gasteiger partial charge in [0.2, 0.25) is 0 Å². The fraction of sp³-hybridized carbons (Fsp3) is 0.286. The van der Waals surface area contributed by atoms with Crippen LogP contribution in [0.1, 0.15) is 17.2 Å². The van der Waals surface area contributed by atoms with Gasteiger partial charge in [-0.2, -0.15) is 5.10 Å². The molecule has 0 saturated carbocycles. The number of amides is 3. The smallest absolute Gasteiger partial charge is 0.322 e. The quantitative estimate of drug-likeness (QED) is 0.690. The Morgan fingerprint density at radius 1 is 1.10 bits per heavy atom. The Kier molecular flexibility index (Phi) is 3.63. The molecule has 7 nitrogen and oxygen atoms in total. The van der Waals surface area contributed by atoms with Crippen molar-refractivity contribution in [1.82, 2.24) is 25.8 Å². The predicted molar refractivity (Wildman–Crippen MR) is 74.4 cm³/mol. The molecule has 7 heteroatoms. The van der Waals surface area contributed by atoms with Gasteiger partial charge in [0.15, 0.2) is 5.82 Å². The van der Waals surface area contributed by atoms with Gasteiger partial charge in [-0.15, -0.1) is 0 Å². The molecule has 21 heavy (non-hydrogen) atoms. The first-order chi connectivity index (χ1) is 10.2. The largest absolute Gasteiger partial charge is 0.326 e. The third-order valence-corrected chi connectivity index (χ3v) is 3.31. The van der Waals surface area contributed by atoms with Gasteiger partial charge in [-0.25, -0.2) is 9.78 Å². The van der Waals surface area contributed by atoms with Gasteiger partial charge in [0.05, 0.1) is 0 Å². The average molecular weight is 285 g/mol. The van der Waals surface area contributed by atoms with E-state index in [1.807, 2.05) is 18.2 Å². The van der Waals surface area contributed by atoms with Crippen molar-refractivity contribution in [3.05, 3.63) is 47.5 Å². The Labute approximate surface area is 121 Å². The van der Waals surface area contributed by atoms with Gasteiger partial charge in [-0.3, -0.25) is 15.2 Å². The molecular formula is C14H15N5O2. The fourth-order valence-corrected chi connectivity index (χ4v) is 2.23. The monoisotopic (exact) mass is 285 g/mol. The molecular weight excluding hydrogens is 270 g/mol. The highest BCUT2D eigenvalue weighted by Crippen LogP contribution is 2.06. The van der Waals surface area contributed by atoms with Crippen LogP contribution >= 0.6 is 0 Å². The number of carbonyl (C=O) groups excluding carboxylic acids is 2. The maximum Gasteiger partial charge on any atom is 0.322 e. The lowest BCUT2D eigenvalue weighted by Crippen LogP contribution is -2.31. The molecule has 1 aromatic heterocycles. The van der Waals surface area contributed by atoms with Crippen molar-refractivity contribution < 1.29 is 9.59 Å². The second-order valence-corrected chi connectivity index (χ2v) is 4.90. The van der Waals surface area contributed by atoms with Crippen LogP contribution in [0.4, 0.5) is 4.79 Å². The van der Waals surface area contributed by atoms with Gasteiger partial charge >= 0.3 is 6.03 Å². The van der Waals surface area contributed by atoms with Gasteiger partial charge in [0.25, 0.3) is 5.91 Å². The van der Waals surface area contributed by atoms with Crippen molar-refractivity contribution in [1.29, 1.82) is 0 Å². The molecule has 1 atom stereocenters. The van der Waals surface area contributed by atoms with E-state index in [4.69, 9.17) is 0 Å². The molecule has 1 saturated heterocycles. The summed E-state index contributed by atoms with van der Waals surface area (Å²) in [6.45, 7) is 0. The van der Waals surface area contributed by atoms with E-state index in [-0.39, 0.29) is 5.91 Å². The summed E-state index contributed by atoms with van der Waals surface area (Å²) >= 11 is 0. The maximum absolute atomic E-state index is 11.5. The van der Waals surface area contributed by atoms with Gasteiger partial charge in [0, 0.05) is 12.8 Å². The van der Waals surface area contributed by atoms with Crippen molar-refractivity contribution in [3.63, 3.8) is 0 Å². The van der Waals surface area contributed by atoms with Crippen molar-refractivity contribution in [3.8, 4) is 0 Å². The number of aryl methyl sites for hydroxylation is 2. The fourth-order valence-electron chi connectivity index (χ4n) is 2.23. The highest BCUT2D eigenvalue weighted by Gasteiger charge is 2.30. The number of nitrogens with one attached hydrogen (secondary N) is 3. The highest BCUT2D eigenvalue weighted by molar-refractivity contribution is 6.04. The summed E-state index contributed by atoms with van der Waals surface area (Å²) in [6, 6.07) is 9.06. The Morgan fingerprint density at radius 3 is 2.62 bits per heavy atom. The Bertz CT molecular complexity index is 652. The molecule has 0 spiro atoms. The van der Waals surface area contributed by atoms with Crippen LogP contribution in [0.3, 0.4) is 0 Å². The molecule has 1 aliphatic rings. The lowest BCUT2D eigenvalue weighted by atomic mass is 10.1. The molecule has 0 aliphatic carbocycles. The number of aromatic amines is 1. The second kappa shape index (κ2) is 5.74. The number of rotatable bonds is 5. The van der Waals surface area contributed by atoms with Crippen molar-refractivity contribution in [2.24, 2.45) is 0 Å². The Balaban J connectivity index is 1.56. The summed E-state index contributed by atoms with van der Waals surface area (Å²) < 4.78 is 0. The highest BCUT2D eigenvalue weighted by atomic mass is 16.2. The molecule has 2 heterocycles. The van der Waals surface area contributed by atoms with Crippen molar-refractivity contribution in [2.45, 2.75) is 25.3 Å². The summed E-state index contributed by atoms with van der Waals surface area (Å²) in [5, 5.41) is 11.7. The minimum atomic E-state index is -0.576. The molecule has 1 aromatic carbocycles. The first-order valence-corrected chi connectivity index (χ1v) is 6.76. The van der Waals surface area contributed by atoms with E-state index in [0.29, 0.717) is 18.1 Å². The van der Waals surface area contributed by atoms with Crippen LogP contribution < -0.4 is 10.6 Å². The molecule has 108 valence electrons. The molecule has 3 N–H and O–H groups in total. The van der Waals surface area contributed by atoms with Crippen LogP contribution in [-0.2, 0) is 24.1 Å². The van der Waals surface area contributed by atoms with Gasteiger partial charge in [0.1, 0.15) is 11.9 Å². The normalized spacial score (nSPS) is 17.6. The molecule has 0 bridgehead atoms. The van der Waals surface area contributed by atoms with E-state index in [9.17, 15) is 9.59 Å². The van der Waals surface area contributed by atoms with Gasteiger partial charge in [-0.1, -0.05) is 30.3 Å². The van der Waals surface area contributed by atoms with E-state index in [1.54, 1.807) is 0 Å². The van der Waals surface area contributed by atoms with E-state index >= 15 is 0 Å². The maximum atomic E-state index is 11.5. The third-order valence-electron chi connectivity index (χ3n) is 3.31. The molecule has 0 radical (unpaired) electrons. The zero-order valence-electron chi connectivity index (χ0n) is 11.3. The zero-order valence-corrected chi connectivity index (χ0v) is 11.3. The molecule has 3 rings (SSSR count). The first-order valence-electron chi connectivity index (χ1n) is 6.76. The van der Waals surface area contributed by atoms with Crippen LogP contribution in [0.5, 0.6) is 0 Å². The van der Waals surface area contributed by atoms with Crippen molar-refractivity contribution >= 4 is 11.9 Å². The Morgan fingerprint density at radius 2 is 1.90 bits per heavy atom. The minimum absolute atomic E-state index is 0.315. The third kappa shape index (κ3) is 3.25. The number of carbonyl (C=O) groups is 2. The summed E-state index contributed by atoms with van der Waals surface area (Å²) in [5.41, 5.74) is 1.23. The van der Waals surface area contributed by atoms with E-state index in [1.165, 1.54) is 5.56 Å². The lowest BCUT2D eigenvalue weighted by molar-refractivity contribution is -0.120. The standard InChI is InChI=1S/C14H15N5O2/c20-13-10(15-14(21)17-13)8-12-16-11(18-19-12)7-6-9-4-2-1-3-5-9/h1-5,10H,6-8H2,(H,16,18,19)(H2,15,17,20,21)/t10-/m1/s1. The Hall–Kier alpha value is -2.70. The van der Waals surface area contributed by atoms with Crippen LogP contribution in [0, 0.1) is 0 Å². The number of hydrogen-bond donors (Lipinski definition) is 3. The number of benzene rings is 1. The number of nitrogens with zero attached hydrogens (tertiary/aromatic N) is 2. The molecule has 2 aromatic rings. The SMILES string of the molecule is O=C1NC(=O)[C@@H](Cc2nc(CCc3ccccc3)n[nH]2)N1. The molecule has 1 fully saturated rings. The van der Waals surface area contributed by atoms with Crippen molar-refractivity contribution in [2.75, 3.05) is 0 Å². The minimum Gasteiger partial charge on any atom is -0.326 e. The van der Waals surface area contributed by atoms with Crippen LogP contribution in [0.2, 0.25) is 0 Å². The number of imide groups is 1. The summed E-state index contributed by atoms with van der Waals surface area (Å²) in [6.07, 6.45) is 1.90.